The molecule has 0 atom stereocenters. The van der Waals surface area contributed by atoms with Crippen LogP contribution < -0.4 is 9.47 Å². The van der Waals surface area contributed by atoms with Crippen molar-refractivity contribution in [1.29, 1.82) is 0 Å². The average molecular weight is 524 g/mol. The van der Waals surface area contributed by atoms with Gasteiger partial charge in [0.15, 0.2) is 11.5 Å². The number of benzene rings is 2. The van der Waals surface area contributed by atoms with Crippen LogP contribution in [0.4, 0.5) is 0 Å². The van der Waals surface area contributed by atoms with Gasteiger partial charge in [-0.2, -0.15) is 0 Å². The molecule has 160 valence electrons. The number of aliphatic carboxylic acids is 1. The monoisotopic (exact) mass is 522 g/mol. The molecule has 0 amide bonds. The lowest BCUT2D eigenvalue weighted by Crippen LogP contribution is -1.99. The summed E-state index contributed by atoms with van der Waals surface area (Å²) in [6.45, 7) is 3.92. The van der Waals surface area contributed by atoms with Gasteiger partial charge in [0.05, 0.1) is 11.6 Å². The first kappa shape index (κ1) is 22.9. The van der Waals surface area contributed by atoms with Gasteiger partial charge < -0.3 is 19.0 Å². The Hall–Kier alpha value is -2.75. The Morgan fingerprint density at radius 2 is 2.06 bits per heavy atom. The van der Waals surface area contributed by atoms with Crippen molar-refractivity contribution in [2.24, 2.45) is 0 Å². The molecule has 1 aromatic heterocycles. The van der Waals surface area contributed by atoms with Crippen LogP contribution in [-0.4, -0.2) is 35.0 Å². The first-order valence-corrected chi connectivity index (χ1v) is 10.7. The fourth-order valence-electron chi connectivity index (χ4n) is 2.45. The molecule has 0 saturated heterocycles. The molecule has 0 aliphatic heterocycles. The zero-order valence-electron chi connectivity index (χ0n) is 16.2. The fraction of sp³-hybridized carbons (Fsp3) is 0.0952. The maximum Gasteiger partial charge on any atom is 0.342 e. The first-order valence-electron chi connectivity index (χ1n) is 8.74. The van der Waals surface area contributed by atoms with Gasteiger partial charge in [0, 0.05) is 10.6 Å². The molecule has 0 fully saturated rings. The average Bonchev–Trinajstić information content (AvgIpc) is 3.21. The third-order valence-corrected chi connectivity index (χ3v) is 5.49. The van der Waals surface area contributed by atoms with Gasteiger partial charge in [0.25, 0.3) is 5.22 Å². The number of methoxy groups -OCH3 is 1. The van der Waals surface area contributed by atoms with Crippen LogP contribution in [0.2, 0.25) is 5.02 Å². The third-order valence-electron chi connectivity index (χ3n) is 3.80. The summed E-state index contributed by atoms with van der Waals surface area (Å²) in [4.78, 5) is 11.8. The van der Waals surface area contributed by atoms with E-state index in [4.69, 9.17) is 25.5 Å². The summed E-state index contributed by atoms with van der Waals surface area (Å²) in [5, 5.41) is 18.2. The van der Waals surface area contributed by atoms with Crippen LogP contribution in [0.1, 0.15) is 5.56 Å². The second-order valence-electron chi connectivity index (χ2n) is 5.93. The van der Waals surface area contributed by atoms with E-state index in [9.17, 15) is 9.90 Å². The van der Waals surface area contributed by atoms with E-state index in [1.807, 2.05) is 0 Å². The number of thioether (sulfide) groups is 1. The second-order valence-corrected chi connectivity index (χ2v) is 8.21. The number of carboxylic acids is 1. The van der Waals surface area contributed by atoms with E-state index in [2.05, 4.69) is 32.7 Å². The van der Waals surface area contributed by atoms with Crippen LogP contribution in [-0.2, 0) is 4.79 Å². The zero-order valence-corrected chi connectivity index (χ0v) is 19.3. The SMILES string of the molecule is C=CCOc1c(Br)cc(/C=C(\Sc2nnc(-c3ccc(Cl)cc3)o2)C(=O)O)cc1OC. The molecule has 0 spiro atoms. The summed E-state index contributed by atoms with van der Waals surface area (Å²) >= 11 is 10.2. The third kappa shape index (κ3) is 5.90. The lowest BCUT2D eigenvalue weighted by molar-refractivity contribution is -0.131. The molecule has 7 nitrogen and oxygen atoms in total. The van der Waals surface area contributed by atoms with E-state index >= 15 is 0 Å². The molecule has 0 aliphatic carbocycles. The van der Waals surface area contributed by atoms with E-state index in [-0.39, 0.29) is 16.0 Å². The number of ether oxygens (including phenoxy) is 2. The number of carboxylic acid groups (broad SMARTS) is 1. The predicted octanol–water partition coefficient (Wildman–Crippen LogP) is 5.94. The molecule has 3 aromatic rings. The molecule has 10 heteroatoms. The maximum absolute atomic E-state index is 11.8. The Kier molecular flexibility index (Phi) is 7.78. The lowest BCUT2D eigenvalue weighted by atomic mass is 10.2. The van der Waals surface area contributed by atoms with Crippen molar-refractivity contribution in [1.82, 2.24) is 10.2 Å². The van der Waals surface area contributed by atoms with Crippen molar-refractivity contribution in [3.05, 3.63) is 69.0 Å². The minimum Gasteiger partial charge on any atom is -0.493 e. The Morgan fingerprint density at radius 3 is 2.71 bits per heavy atom. The lowest BCUT2D eigenvalue weighted by Gasteiger charge is -2.12. The van der Waals surface area contributed by atoms with Gasteiger partial charge in [-0.1, -0.05) is 24.3 Å². The number of carbonyl (C=O) groups is 1. The van der Waals surface area contributed by atoms with Gasteiger partial charge >= 0.3 is 5.97 Å². The summed E-state index contributed by atoms with van der Waals surface area (Å²) in [7, 11) is 1.50. The molecule has 31 heavy (non-hydrogen) atoms. The standard InChI is InChI=1S/C21H16BrClN2O5S/c1-3-8-29-18-15(22)9-12(10-16(18)28-2)11-17(20(26)27)31-21-25-24-19(30-21)13-4-6-14(23)7-5-13/h3-7,9-11H,1,8H2,2H3,(H,26,27)/b17-11-. The van der Waals surface area contributed by atoms with Gasteiger partial charge in [0.1, 0.15) is 11.5 Å². The summed E-state index contributed by atoms with van der Waals surface area (Å²) in [6, 6.07) is 10.3. The van der Waals surface area contributed by atoms with Crippen LogP contribution in [0.3, 0.4) is 0 Å². The highest BCUT2D eigenvalue weighted by atomic mass is 79.9. The number of rotatable bonds is 9. The van der Waals surface area contributed by atoms with Crippen LogP contribution in [0.5, 0.6) is 11.5 Å². The molecule has 1 heterocycles. The number of nitrogens with zero attached hydrogens (tertiary/aromatic N) is 2. The summed E-state index contributed by atoms with van der Waals surface area (Å²) in [5.74, 6) is 0.0592. The molecule has 1 N–H and O–H groups in total. The number of halogens is 2. The topological polar surface area (TPSA) is 94.7 Å². The van der Waals surface area contributed by atoms with Crippen LogP contribution in [0.15, 0.2) is 68.1 Å². The fourth-order valence-corrected chi connectivity index (χ4v) is 3.82. The molecule has 0 radical (unpaired) electrons. The molecule has 0 unspecified atom stereocenters. The molecular formula is C21H16BrClN2O5S. The number of aromatic nitrogens is 2. The van der Waals surface area contributed by atoms with Gasteiger partial charge in [-0.3, -0.25) is 0 Å². The second kappa shape index (κ2) is 10.5. The number of hydrogen-bond acceptors (Lipinski definition) is 7. The summed E-state index contributed by atoms with van der Waals surface area (Å²) in [5.41, 5.74) is 1.26. The Bertz CT molecular complexity index is 1130. The highest BCUT2D eigenvalue weighted by molar-refractivity contribution is 9.10. The Labute approximate surface area is 195 Å². The number of hydrogen-bond donors (Lipinski definition) is 1. The molecule has 0 saturated carbocycles. The Morgan fingerprint density at radius 1 is 1.32 bits per heavy atom. The zero-order chi connectivity index (χ0) is 22.4. The van der Waals surface area contributed by atoms with Gasteiger partial charge in [-0.05, 0) is 75.7 Å². The van der Waals surface area contributed by atoms with Crippen molar-refractivity contribution < 1.29 is 23.8 Å². The first-order chi connectivity index (χ1) is 14.9. The van der Waals surface area contributed by atoms with Crippen LogP contribution in [0.25, 0.3) is 17.5 Å². The largest absolute Gasteiger partial charge is 0.493 e. The van der Waals surface area contributed by atoms with Crippen LogP contribution in [0, 0.1) is 0 Å². The normalized spacial score (nSPS) is 11.3. The quantitative estimate of drug-likeness (QED) is 0.209. The Balaban J connectivity index is 1.87. The highest BCUT2D eigenvalue weighted by Gasteiger charge is 2.17. The van der Waals surface area contributed by atoms with Gasteiger partial charge in [0.2, 0.25) is 5.89 Å². The molecule has 0 aliphatic rings. The van der Waals surface area contributed by atoms with E-state index < -0.39 is 5.97 Å². The maximum atomic E-state index is 11.8. The molecule has 2 aromatic carbocycles. The minimum absolute atomic E-state index is 0.0139. The predicted molar refractivity (Wildman–Crippen MR) is 123 cm³/mol. The van der Waals surface area contributed by atoms with Crippen molar-refractivity contribution in [2.75, 3.05) is 13.7 Å². The van der Waals surface area contributed by atoms with E-state index in [1.165, 1.54) is 13.2 Å². The minimum atomic E-state index is -1.14. The van der Waals surface area contributed by atoms with E-state index in [1.54, 1.807) is 42.5 Å². The van der Waals surface area contributed by atoms with Crippen molar-refractivity contribution in [3.63, 3.8) is 0 Å². The van der Waals surface area contributed by atoms with Crippen molar-refractivity contribution >= 4 is 51.3 Å². The van der Waals surface area contributed by atoms with Crippen molar-refractivity contribution in [2.45, 2.75) is 5.22 Å². The van der Waals surface area contributed by atoms with Crippen molar-refractivity contribution in [3.8, 4) is 23.0 Å². The van der Waals surface area contributed by atoms with E-state index in [0.717, 1.165) is 11.8 Å². The molecule has 3 rings (SSSR count). The molecule has 0 bridgehead atoms. The van der Waals surface area contributed by atoms with Gasteiger partial charge in [-0.25, -0.2) is 4.79 Å². The summed E-state index contributed by atoms with van der Waals surface area (Å²) < 4.78 is 17.2. The summed E-state index contributed by atoms with van der Waals surface area (Å²) in [6.07, 6.45) is 3.09. The van der Waals surface area contributed by atoms with Gasteiger partial charge in [-0.15, -0.1) is 10.2 Å². The smallest absolute Gasteiger partial charge is 0.342 e. The van der Waals surface area contributed by atoms with E-state index in [0.29, 0.717) is 38.7 Å². The van der Waals surface area contributed by atoms with Crippen LogP contribution >= 0.6 is 39.3 Å². The highest BCUT2D eigenvalue weighted by Crippen LogP contribution is 2.38. The molecular weight excluding hydrogens is 508 g/mol.